The average Bonchev–Trinajstić information content (AvgIpc) is 3.21. The number of anilines is 1. The van der Waals surface area contributed by atoms with E-state index in [-0.39, 0.29) is 17.9 Å². The van der Waals surface area contributed by atoms with E-state index < -0.39 is 6.04 Å². The SMILES string of the molecule is Cc1nc(N)ccc1CNC(=O)[C@H](C)N(C)C(=O)[C@H]1C[C@H](Cc2ccc(Br)cc2)CN1. The fourth-order valence-corrected chi connectivity index (χ4v) is 4.11. The Morgan fingerprint density at radius 1 is 1.29 bits per heavy atom. The minimum atomic E-state index is -0.568. The lowest BCUT2D eigenvalue weighted by atomic mass is 9.96. The Hall–Kier alpha value is -2.45. The summed E-state index contributed by atoms with van der Waals surface area (Å²) >= 11 is 3.46. The second-order valence-electron chi connectivity index (χ2n) is 8.22. The van der Waals surface area contributed by atoms with Gasteiger partial charge >= 0.3 is 0 Å². The zero-order chi connectivity index (χ0) is 22.5. The van der Waals surface area contributed by atoms with E-state index in [4.69, 9.17) is 5.73 Å². The van der Waals surface area contributed by atoms with E-state index in [0.29, 0.717) is 18.3 Å². The summed E-state index contributed by atoms with van der Waals surface area (Å²) in [6.07, 6.45) is 1.70. The van der Waals surface area contributed by atoms with Crippen molar-refractivity contribution in [2.75, 3.05) is 19.3 Å². The van der Waals surface area contributed by atoms with Crippen molar-refractivity contribution < 1.29 is 9.59 Å². The number of carbonyl (C=O) groups is 2. The number of carbonyl (C=O) groups excluding carboxylic acids is 2. The van der Waals surface area contributed by atoms with Crippen molar-refractivity contribution in [3.8, 4) is 0 Å². The van der Waals surface area contributed by atoms with Crippen LogP contribution < -0.4 is 16.4 Å². The number of halogens is 1. The Bertz CT molecular complexity index is 934. The van der Waals surface area contributed by atoms with Gasteiger partial charge < -0.3 is 21.3 Å². The molecule has 0 aliphatic carbocycles. The number of benzene rings is 1. The average molecular weight is 488 g/mol. The van der Waals surface area contributed by atoms with Crippen molar-refractivity contribution in [1.29, 1.82) is 0 Å². The van der Waals surface area contributed by atoms with E-state index in [2.05, 4.69) is 43.7 Å². The molecule has 166 valence electrons. The molecular weight excluding hydrogens is 458 g/mol. The molecule has 1 aromatic carbocycles. The lowest BCUT2D eigenvalue weighted by molar-refractivity contribution is -0.139. The molecule has 1 aliphatic rings. The van der Waals surface area contributed by atoms with Crippen molar-refractivity contribution in [3.05, 3.63) is 57.7 Å². The van der Waals surface area contributed by atoms with Crippen molar-refractivity contribution in [3.63, 3.8) is 0 Å². The van der Waals surface area contributed by atoms with E-state index in [1.165, 1.54) is 10.5 Å². The highest BCUT2D eigenvalue weighted by molar-refractivity contribution is 9.10. The highest BCUT2D eigenvalue weighted by Gasteiger charge is 2.34. The Labute approximate surface area is 191 Å². The molecule has 1 aliphatic heterocycles. The molecule has 1 fully saturated rings. The third kappa shape index (κ3) is 6.04. The Morgan fingerprint density at radius 3 is 2.68 bits per heavy atom. The lowest BCUT2D eigenvalue weighted by Gasteiger charge is -2.27. The maximum Gasteiger partial charge on any atom is 0.242 e. The molecule has 4 N–H and O–H groups in total. The minimum absolute atomic E-state index is 0.0497. The highest BCUT2D eigenvalue weighted by Crippen LogP contribution is 2.22. The van der Waals surface area contributed by atoms with Crippen LogP contribution in [0.4, 0.5) is 5.82 Å². The molecule has 8 heteroatoms. The van der Waals surface area contributed by atoms with Crippen LogP contribution in [0.15, 0.2) is 40.9 Å². The van der Waals surface area contributed by atoms with Gasteiger partial charge in [-0.25, -0.2) is 4.98 Å². The van der Waals surface area contributed by atoms with E-state index in [0.717, 1.165) is 35.1 Å². The van der Waals surface area contributed by atoms with Crippen LogP contribution in [-0.2, 0) is 22.6 Å². The topological polar surface area (TPSA) is 100 Å². The summed E-state index contributed by atoms with van der Waals surface area (Å²) in [7, 11) is 1.69. The van der Waals surface area contributed by atoms with Crippen LogP contribution in [0.3, 0.4) is 0 Å². The predicted octanol–water partition coefficient (Wildman–Crippen LogP) is 2.42. The van der Waals surface area contributed by atoms with Gasteiger partial charge in [0.15, 0.2) is 0 Å². The number of aromatic nitrogens is 1. The number of aryl methyl sites for hydroxylation is 1. The molecule has 1 aromatic heterocycles. The summed E-state index contributed by atoms with van der Waals surface area (Å²) in [5.41, 5.74) is 8.62. The molecule has 3 atom stereocenters. The van der Waals surface area contributed by atoms with Crippen molar-refractivity contribution in [2.24, 2.45) is 5.92 Å². The molecule has 7 nitrogen and oxygen atoms in total. The van der Waals surface area contributed by atoms with E-state index in [1.807, 2.05) is 25.1 Å². The number of nitrogens with one attached hydrogen (secondary N) is 2. The zero-order valence-corrected chi connectivity index (χ0v) is 19.8. The summed E-state index contributed by atoms with van der Waals surface area (Å²) in [4.78, 5) is 31.3. The van der Waals surface area contributed by atoms with Crippen LogP contribution in [0, 0.1) is 12.8 Å². The largest absolute Gasteiger partial charge is 0.384 e. The van der Waals surface area contributed by atoms with Gasteiger partial charge in [0.25, 0.3) is 0 Å². The fourth-order valence-electron chi connectivity index (χ4n) is 3.85. The number of nitrogens with zero attached hydrogens (tertiary/aromatic N) is 2. The van der Waals surface area contributed by atoms with Crippen LogP contribution in [0.2, 0.25) is 0 Å². The smallest absolute Gasteiger partial charge is 0.242 e. The van der Waals surface area contributed by atoms with Gasteiger partial charge in [-0.2, -0.15) is 0 Å². The molecule has 0 bridgehead atoms. The van der Waals surface area contributed by atoms with Crippen LogP contribution in [-0.4, -0.2) is 47.4 Å². The Balaban J connectivity index is 1.50. The van der Waals surface area contributed by atoms with Crippen LogP contribution in [0.25, 0.3) is 0 Å². The summed E-state index contributed by atoms with van der Waals surface area (Å²) in [5.74, 6) is 0.602. The zero-order valence-electron chi connectivity index (χ0n) is 18.2. The number of hydrogen-bond acceptors (Lipinski definition) is 5. The van der Waals surface area contributed by atoms with E-state index in [1.54, 1.807) is 20.0 Å². The summed E-state index contributed by atoms with van der Waals surface area (Å²) in [6.45, 7) is 4.74. The summed E-state index contributed by atoms with van der Waals surface area (Å²) < 4.78 is 1.06. The van der Waals surface area contributed by atoms with Crippen molar-refractivity contribution >= 4 is 33.6 Å². The van der Waals surface area contributed by atoms with Gasteiger partial charge in [-0.05, 0) is 68.5 Å². The maximum absolute atomic E-state index is 13.0. The molecule has 2 aromatic rings. The fraction of sp³-hybridized carbons (Fsp3) is 0.435. The predicted molar refractivity (Wildman–Crippen MR) is 125 cm³/mol. The second kappa shape index (κ2) is 10.2. The molecular formula is C23H30BrN5O2. The van der Waals surface area contributed by atoms with Crippen LogP contribution >= 0.6 is 15.9 Å². The van der Waals surface area contributed by atoms with Crippen molar-refractivity contribution in [2.45, 2.75) is 45.3 Å². The standard InChI is InChI=1S/C23H30BrN5O2/c1-14-18(6-9-21(25)28-14)13-27-22(30)15(2)29(3)23(31)20-11-17(12-26-20)10-16-4-7-19(24)8-5-16/h4-9,15,17,20,26H,10-13H2,1-3H3,(H2,25,28)(H,27,30)/t15-,17-,20+/m0/s1. The number of rotatable bonds is 7. The monoisotopic (exact) mass is 487 g/mol. The van der Waals surface area contributed by atoms with E-state index in [9.17, 15) is 9.59 Å². The Morgan fingerprint density at radius 2 is 2.00 bits per heavy atom. The number of nitrogen functional groups attached to an aromatic ring is 1. The first-order valence-electron chi connectivity index (χ1n) is 10.5. The minimum Gasteiger partial charge on any atom is -0.384 e. The van der Waals surface area contributed by atoms with Gasteiger partial charge in [0.1, 0.15) is 11.9 Å². The molecule has 0 saturated carbocycles. The summed E-state index contributed by atoms with van der Waals surface area (Å²) in [6, 6.07) is 11.0. The third-order valence-corrected chi connectivity index (χ3v) is 6.46. The molecule has 3 rings (SSSR count). The van der Waals surface area contributed by atoms with E-state index >= 15 is 0 Å². The van der Waals surface area contributed by atoms with Gasteiger partial charge in [0.2, 0.25) is 11.8 Å². The molecule has 2 heterocycles. The first-order valence-corrected chi connectivity index (χ1v) is 11.3. The van der Waals surface area contributed by atoms with Gasteiger partial charge in [-0.15, -0.1) is 0 Å². The number of nitrogens with two attached hydrogens (primary N) is 1. The number of pyridine rings is 1. The molecule has 0 radical (unpaired) electrons. The molecule has 2 amide bonds. The second-order valence-corrected chi connectivity index (χ2v) is 9.13. The van der Waals surface area contributed by atoms with Crippen LogP contribution in [0.5, 0.6) is 0 Å². The van der Waals surface area contributed by atoms with Gasteiger partial charge in [0, 0.05) is 23.8 Å². The number of hydrogen-bond donors (Lipinski definition) is 3. The highest BCUT2D eigenvalue weighted by atomic mass is 79.9. The molecule has 1 saturated heterocycles. The number of amides is 2. The normalized spacial score (nSPS) is 19.1. The Kier molecular flexibility index (Phi) is 7.67. The first-order chi connectivity index (χ1) is 14.7. The number of likely N-dealkylation sites (N-methyl/N-ethyl adjacent to an activating group) is 1. The van der Waals surface area contributed by atoms with Gasteiger partial charge in [-0.3, -0.25) is 9.59 Å². The molecule has 0 spiro atoms. The van der Waals surface area contributed by atoms with Gasteiger partial charge in [-0.1, -0.05) is 34.1 Å². The molecule has 0 unspecified atom stereocenters. The van der Waals surface area contributed by atoms with Crippen molar-refractivity contribution in [1.82, 2.24) is 20.5 Å². The first kappa shape index (κ1) is 23.2. The molecule has 31 heavy (non-hydrogen) atoms. The van der Waals surface area contributed by atoms with Gasteiger partial charge in [0.05, 0.1) is 6.04 Å². The maximum atomic E-state index is 13.0. The lowest BCUT2D eigenvalue weighted by Crippen LogP contribution is -2.50. The quantitative estimate of drug-likeness (QED) is 0.556. The third-order valence-electron chi connectivity index (χ3n) is 5.94. The van der Waals surface area contributed by atoms with Crippen LogP contribution in [0.1, 0.15) is 30.2 Å². The summed E-state index contributed by atoms with van der Waals surface area (Å²) in [5, 5.41) is 6.22.